The van der Waals surface area contributed by atoms with Crippen molar-refractivity contribution >= 4 is 31.9 Å². The van der Waals surface area contributed by atoms with E-state index in [0.29, 0.717) is 17.6 Å². The first kappa shape index (κ1) is 20.6. The number of halogens is 1. The molecule has 29 heavy (non-hydrogen) atoms. The van der Waals surface area contributed by atoms with Crippen LogP contribution in [-0.4, -0.2) is 47.2 Å². The zero-order valence-electron chi connectivity index (χ0n) is 16.7. The van der Waals surface area contributed by atoms with Crippen LogP contribution in [0.2, 0.25) is 5.02 Å². The van der Waals surface area contributed by atoms with Gasteiger partial charge in [0, 0.05) is 28.7 Å². The van der Waals surface area contributed by atoms with Crippen molar-refractivity contribution in [2.45, 2.75) is 32.2 Å². The highest BCUT2D eigenvalue weighted by Crippen LogP contribution is 2.45. The van der Waals surface area contributed by atoms with Crippen LogP contribution in [0.25, 0.3) is 0 Å². The van der Waals surface area contributed by atoms with Gasteiger partial charge in [-0.3, -0.25) is 0 Å². The van der Waals surface area contributed by atoms with Gasteiger partial charge in [0.1, 0.15) is 11.6 Å². The minimum Gasteiger partial charge on any atom is -0.493 e. The van der Waals surface area contributed by atoms with E-state index >= 15 is 0 Å². The average Bonchev–Trinajstić information content (AvgIpc) is 3.50. The largest absolute Gasteiger partial charge is 0.493 e. The summed E-state index contributed by atoms with van der Waals surface area (Å²) in [5.41, 5.74) is 7.83. The van der Waals surface area contributed by atoms with E-state index in [2.05, 4.69) is 20.9 Å². The number of aromatic nitrogens is 2. The molecule has 0 amide bonds. The summed E-state index contributed by atoms with van der Waals surface area (Å²) >= 11 is 6.72. The van der Waals surface area contributed by atoms with Crippen molar-refractivity contribution < 1.29 is 9.84 Å². The Morgan fingerprint density at radius 3 is 2.86 bits per heavy atom. The SMILES string of the molecule is Cc1cc(N2CCCPCC2c2ccc(OCC3(CO)CC3)cc2Cl)nc(N)n1. The number of nitrogens with two attached hydrogens (primary N) is 1. The Hall–Kier alpha value is -1.62. The van der Waals surface area contributed by atoms with Crippen molar-refractivity contribution in [3.63, 3.8) is 0 Å². The lowest BCUT2D eigenvalue weighted by Gasteiger charge is -2.32. The smallest absolute Gasteiger partial charge is 0.222 e. The van der Waals surface area contributed by atoms with E-state index in [4.69, 9.17) is 22.1 Å². The van der Waals surface area contributed by atoms with E-state index in [1.807, 2.05) is 25.1 Å². The molecule has 1 saturated heterocycles. The van der Waals surface area contributed by atoms with Gasteiger partial charge in [-0.25, -0.2) is 4.98 Å². The molecule has 1 saturated carbocycles. The van der Waals surface area contributed by atoms with Crippen LogP contribution in [0.1, 0.15) is 36.6 Å². The molecular formula is C21H28ClN4O2P. The van der Waals surface area contributed by atoms with Crippen LogP contribution in [0.15, 0.2) is 24.3 Å². The second-order valence-corrected chi connectivity index (χ2v) is 9.94. The summed E-state index contributed by atoms with van der Waals surface area (Å²) in [6.07, 6.45) is 5.43. The van der Waals surface area contributed by atoms with Crippen LogP contribution in [0.4, 0.5) is 11.8 Å². The topological polar surface area (TPSA) is 84.5 Å². The highest BCUT2D eigenvalue weighted by Gasteiger charge is 2.43. The van der Waals surface area contributed by atoms with Gasteiger partial charge >= 0.3 is 0 Å². The Morgan fingerprint density at radius 2 is 2.17 bits per heavy atom. The molecule has 1 aromatic heterocycles. The van der Waals surface area contributed by atoms with Gasteiger partial charge in [-0.15, -0.1) is 8.58 Å². The Kier molecular flexibility index (Phi) is 6.14. The van der Waals surface area contributed by atoms with E-state index in [-0.39, 0.29) is 18.1 Å². The Balaban J connectivity index is 1.58. The minimum atomic E-state index is -0.0465. The summed E-state index contributed by atoms with van der Waals surface area (Å²) in [6.45, 7) is 3.57. The summed E-state index contributed by atoms with van der Waals surface area (Å²) in [5, 5.41) is 10.2. The van der Waals surface area contributed by atoms with Gasteiger partial charge in [0.05, 0.1) is 19.3 Å². The molecular weight excluding hydrogens is 407 g/mol. The quantitative estimate of drug-likeness (QED) is 0.673. The van der Waals surface area contributed by atoms with Crippen molar-refractivity contribution in [2.24, 2.45) is 5.41 Å². The fourth-order valence-corrected chi connectivity index (χ4v) is 5.40. The molecule has 6 nitrogen and oxygen atoms in total. The van der Waals surface area contributed by atoms with Crippen LogP contribution >= 0.6 is 20.2 Å². The molecule has 2 heterocycles. The Bertz CT molecular complexity index is 858. The Morgan fingerprint density at radius 1 is 1.34 bits per heavy atom. The molecule has 1 aromatic carbocycles. The number of nitrogens with zero attached hydrogens (tertiary/aromatic N) is 3. The number of hydrogen-bond donors (Lipinski definition) is 2. The van der Waals surface area contributed by atoms with E-state index in [0.717, 1.165) is 63.4 Å². The molecule has 0 bridgehead atoms. The van der Waals surface area contributed by atoms with Gasteiger partial charge < -0.3 is 20.5 Å². The number of hydrogen-bond acceptors (Lipinski definition) is 6. The third kappa shape index (κ3) is 4.76. The average molecular weight is 435 g/mol. The first-order chi connectivity index (χ1) is 14.0. The minimum absolute atomic E-state index is 0.0465. The van der Waals surface area contributed by atoms with Crippen molar-refractivity contribution in [1.29, 1.82) is 0 Å². The molecule has 2 aromatic rings. The van der Waals surface area contributed by atoms with Crippen molar-refractivity contribution in [1.82, 2.24) is 9.97 Å². The Labute approximate surface area is 178 Å². The summed E-state index contributed by atoms with van der Waals surface area (Å²) in [5.74, 6) is 1.92. The number of nitrogen functional groups attached to an aromatic ring is 1. The molecule has 2 aliphatic rings. The molecule has 2 unspecified atom stereocenters. The van der Waals surface area contributed by atoms with E-state index in [9.17, 15) is 5.11 Å². The molecule has 156 valence electrons. The molecule has 0 radical (unpaired) electrons. The second-order valence-electron chi connectivity index (χ2n) is 8.12. The van der Waals surface area contributed by atoms with Crippen LogP contribution < -0.4 is 15.4 Å². The van der Waals surface area contributed by atoms with Crippen molar-refractivity contribution in [2.75, 3.05) is 42.7 Å². The number of aliphatic hydroxyl groups is 1. The summed E-state index contributed by atoms with van der Waals surface area (Å²) in [4.78, 5) is 11.0. The first-order valence-corrected chi connectivity index (χ1v) is 11.9. The highest BCUT2D eigenvalue weighted by atomic mass is 35.5. The lowest BCUT2D eigenvalue weighted by Crippen LogP contribution is -2.31. The van der Waals surface area contributed by atoms with Crippen molar-refractivity contribution in [3.8, 4) is 5.75 Å². The predicted octanol–water partition coefficient (Wildman–Crippen LogP) is 3.80. The van der Waals surface area contributed by atoms with Crippen molar-refractivity contribution in [3.05, 3.63) is 40.5 Å². The molecule has 3 N–H and O–H groups in total. The van der Waals surface area contributed by atoms with Gasteiger partial charge in [-0.05, 0) is 56.2 Å². The molecule has 1 aliphatic heterocycles. The van der Waals surface area contributed by atoms with E-state index < -0.39 is 0 Å². The lowest BCUT2D eigenvalue weighted by atomic mass is 10.1. The summed E-state index contributed by atoms with van der Waals surface area (Å²) in [6, 6.07) is 8.10. The van der Waals surface area contributed by atoms with E-state index in [1.165, 1.54) is 6.16 Å². The number of benzene rings is 1. The molecule has 2 fully saturated rings. The zero-order valence-corrected chi connectivity index (χ0v) is 18.5. The number of ether oxygens (including phenoxy) is 1. The molecule has 2 atom stereocenters. The van der Waals surface area contributed by atoms with E-state index in [1.54, 1.807) is 0 Å². The third-order valence-corrected chi connectivity index (χ3v) is 7.50. The maximum Gasteiger partial charge on any atom is 0.222 e. The second kappa shape index (κ2) is 8.63. The number of rotatable bonds is 6. The summed E-state index contributed by atoms with van der Waals surface area (Å²) < 4.78 is 5.92. The lowest BCUT2D eigenvalue weighted by molar-refractivity contribution is 0.146. The standard InChI is InChI=1S/C21H28ClN4O2P/c1-14-9-19(25-20(23)24-14)26-7-2-8-29-11-18(26)16-4-3-15(10-17(16)22)28-13-21(12-27)5-6-21/h3-4,9-10,18,27,29H,2,5-8,11-13H2,1H3,(H2,23,24,25). The summed E-state index contributed by atoms with van der Waals surface area (Å²) in [7, 11) is 0.886. The monoisotopic (exact) mass is 434 g/mol. The number of aryl methyl sites for hydroxylation is 1. The van der Waals surface area contributed by atoms with Gasteiger partial charge in [0.2, 0.25) is 5.95 Å². The fraction of sp³-hybridized carbons (Fsp3) is 0.524. The van der Waals surface area contributed by atoms with Crippen LogP contribution in [0, 0.1) is 12.3 Å². The molecule has 0 spiro atoms. The van der Waals surface area contributed by atoms with Gasteiger partial charge in [0.15, 0.2) is 0 Å². The normalized spacial score (nSPS) is 21.8. The van der Waals surface area contributed by atoms with Crippen LogP contribution in [0.5, 0.6) is 5.75 Å². The molecule has 8 heteroatoms. The molecule has 1 aliphatic carbocycles. The number of anilines is 2. The third-order valence-electron chi connectivity index (χ3n) is 5.79. The first-order valence-electron chi connectivity index (χ1n) is 10.1. The van der Waals surface area contributed by atoms with Gasteiger partial charge in [-0.1, -0.05) is 17.7 Å². The van der Waals surface area contributed by atoms with Crippen LogP contribution in [-0.2, 0) is 0 Å². The fourth-order valence-electron chi connectivity index (χ4n) is 3.78. The molecule has 4 rings (SSSR count). The number of aliphatic hydroxyl groups excluding tert-OH is 1. The predicted molar refractivity (Wildman–Crippen MR) is 120 cm³/mol. The van der Waals surface area contributed by atoms with Crippen LogP contribution in [0.3, 0.4) is 0 Å². The van der Waals surface area contributed by atoms with Gasteiger partial charge in [0.25, 0.3) is 0 Å². The highest BCUT2D eigenvalue weighted by molar-refractivity contribution is 7.38. The van der Waals surface area contributed by atoms with Gasteiger partial charge in [-0.2, -0.15) is 4.98 Å². The maximum atomic E-state index is 9.48. The zero-order chi connectivity index (χ0) is 20.4. The maximum absolute atomic E-state index is 9.48.